The highest BCUT2D eigenvalue weighted by atomic mass is 35.5. The smallest absolute Gasteiger partial charge is 0.273 e. The van der Waals surface area contributed by atoms with Gasteiger partial charge in [-0.15, -0.1) is 11.3 Å². The summed E-state index contributed by atoms with van der Waals surface area (Å²) >= 11 is 7.28. The third-order valence-corrected chi connectivity index (χ3v) is 3.78. The van der Waals surface area contributed by atoms with Crippen molar-refractivity contribution in [3.63, 3.8) is 0 Å². The van der Waals surface area contributed by atoms with Crippen molar-refractivity contribution in [2.24, 2.45) is 0 Å². The number of carbonyl (C=O) groups is 1. The molecule has 2 aromatic heterocycles. The molecule has 3 rings (SSSR count). The van der Waals surface area contributed by atoms with Crippen LogP contribution < -0.4 is 4.74 Å². The predicted octanol–water partition coefficient (Wildman–Crippen LogP) is 3.56. The van der Waals surface area contributed by atoms with Crippen LogP contribution in [0.2, 0.25) is 5.02 Å². The quantitative estimate of drug-likeness (QED) is 0.416. The van der Waals surface area contributed by atoms with Gasteiger partial charge in [0.15, 0.2) is 22.7 Å². The first-order valence-corrected chi connectivity index (χ1v) is 6.88. The highest BCUT2D eigenvalue weighted by molar-refractivity contribution is 7.15. The number of nitrogens with zero attached hydrogens (tertiary/aromatic N) is 3. The second-order valence-corrected chi connectivity index (χ2v) is 5.23. The number of aldehydes is 1. The van der Waals surface area contributed by atoms with Gasteiger partial charge >= 0.3 is 0 Å². The molecule has 0 aliphatic rings. The van der Waals surface area contributed by atoms with Crippen LogP contribution in [0, 0.1) is 10.1 Å². The van der Waals surface area contributed by atoms with Crippen molar-refractivity contribution in [3.8, 4) is 11.6 Å². The SMILES string of the molecule is O=Cc1c(Oc2cc([N+](=O)[O-])ccc2Cl)nc2sccn12. The molecule has 0 bridgehead atoms. The van der Waals surface area contributed by atoms with Crippen LogP contribution in [0.3, 0.4) is 0 Å². The lowest BCUT2D eigenvalue weighted by Crippen LogP contribution is -1.94. The van der Waals surface area contributed by atoms with Gasteiger partial charge in [-0.1, -0.05) is 11.6 Å². The van der Waals surface area contributed by atoms with E-state index in [1.165, 1.54) is 29.5 Å². The van der Waals surface area contributed by atoms with Crippen LogP contribution in [0.15, 0.2) is 29.8 Å². The van der Waals surface area contributed by atoms with Crippen molar-refractivity contribution in [1.82, 2.24) is 9.38 Å². The normalized spacial score (nSPS) is 10.7. The van der Waals surface area contributed by atoms with E-state index in [2.05, 4.69) is 4.98 Å². The summed E-state index contributed by atoms with van der Waals surface area (Å²) in [5.74, 6) is 0.124. The maximum Gasteiger partial charge on any atom is 0.273 e. The van der Waals surface area contributed by atoms with Gasteiger partial charge in [0.1, 0.15) is 0 Å². The van der Waals surface area contributed by atoms with Crippen LogP contribution in [0.4, 0.5) is 5.69 Å². The van der Waals surface area contributed by atoms with Gasteiger partial charge in [-0.25, -0.2) is 0 Å². The van der Waals surface area contributed by atoms with Gasteiger partial charge in [0.25, 0.3) is 5.69 Å². The standard InChI is InChI=1S/C12H6ClN3O4S/c13-8-2-1-7(16(18)19)5-10(8)20-11-9(6-17)15-3-4-21-12(15)14-11/h1-6H. The van der Waals surface area contributed by atoms with Crippen molar-refractivity contribution in [3.05, 3.63) is 50.6 Å². The van der Waals surface area contributed by atoms with Crippen LogP contribution in [0.25, 0.3) is 4.96 Å². The van der Waals surface area contributed by atoms with Crippen LogP contribution in [-0.4, -0.2) is 20.6 Å². The number of carbonyl (C=O) groups excluding carboxylic acids is 1. The molecule has 21 heavy (non-hydrogen) atoms. The number of imidazole rings is 1. The summed E-state index contributed by atoms with van der Waals surface area (Å²) in [5.41, 5.74) is 0.0527. The number of nitro benzene ring substituents is 1. The maximum atomic E-state index is 11.2. The largest absolute Gasteiger partial charge is 0.435 e. The monoisotopic (exact) mass is 323 g/mol. The molecule has 2 heterocycles. The van der Waals surface area contributed by atoms with E-state index in [-0.39, 0.29) is 28.0 Å². The average Bonchev–Trinajstić information content (AvgIpc) is 3.01. The first-order valence-electron chi connectivity index (χ1n) is 5.62. The highest BCUT2D eigenvalue weighted by Crippen LogP contribution is 2.34. The van der Waals surface area contributed by atoms with Gasteiger partial charge in [0, 0.05) is 17.6 Å². The molecule has 0 radical (unpaired) electrons. The van der Waals surface area contributed by atoms with E-state index in [1.807, 2.05) is 0 Å². The number of ether oxygens (including phenoxy) is 1. The second-order valence-electron chi connectivity index (χ2n) is 3.95. The molecular formula is C12H6ClN3O4S. The third kappa shape index (κ3) is 2.34. The van der Waals surface area contributed by atoms with Gasteiger partial charge in [0.2, 0.25) is 5.88 Å². The van der Waals surface area contributed by atoms with Gasteiger partial charge < -0.3 is 4.74 Å². The number of rotatable bonds is 4. The Kier molecular flexibility index (Phi) is 3.32. The summed E-state index contributed by atoms with van der Waals surface area (Å²) in [4.78, 5) is 26.1. The number of nitro groups is 1. The molecule has 0 aliphatic heterocycles. The molecule has 0 atom stereocenters. The molecule has 9 heteroatoms. The van der Waals surface area contributed by atoms with Crippen LogP contribution >= 0.6 is 22.9 Å². The summed E-state index contributed by atoms with van der Waals surface area (Å²) in [7, 11) is 0. The zero-order valence-corrected chi connectivity index (χ0v) is 11.8. The Hall–Kier alpha value is -2.45. The minimum absolute atomic E-state index is 0.0549. The molecule has 3 aromatic rings. The second kappa shape index (κ2) is 5.15. The Balaban J connectivity index is 2.05. The number of hydrogen-bond donors (Lipinski definition) is 0. The van der Waals surface area contributed by atoms with Crippen LogP contribution in [0.1, 0.15) is 10.5 Å². The molecular weight excluding hydrogens is 318 g/mol. The fourth-order valence-corrected chi connectivity index (χ4v) is 2.62. The lowest BCUT2D eigenvalue weighted by molar-refractivity contribution is -0.384. The fraction of sp³-hybridized carbons (Fsp3) is 0. The molecule has 106 valence electrons. The van der Waals surface area contributed by atoms with Crippen molar-refractivity contribution in [2.45, 2.75) is 0 Å². The number of non-ortho nitro benzene ring substituents is 1. The number of aromatic nitrogens is 2. The molecule has 0 saturated heterocycles. The Morgan fingerprint density at radius 3 is 3.00 bits per heavy atom. The van der Waals surface area contributed by atoms with E-state index >= 15 is 0 Å². The molecule has 0 N–H and O–H groups in total. The van der Waals surface area contributed by atoms with Crippen LogP contribution in [0.5, 0.6) is 11.6 Å². The Bertz CT molecular complexity index is 857. The first-order chi connectivity index (χ1) is 10.1. The number of benzene rings is 1. The van der Waals surface area contributed by atoms with Gasteiger partial charge in [-0.2, -0.15) is 4.98 Å². The minimum atomic E-state index is -0.560. The molecule has 0 aliphatic carbocycles. The van der Waals surface area contributed by atoms with Crippen molar-refractivity contribution in [2.75, 3.05) is 0 Å². The lowest BCUT2D eigenvalue weighted by Gasteiger charge is -2.05. The molecule has 0 unspecified atom stereocenters. The number of halogens is 1. The van der Waals surface area contributed by atoms with E-state index in [0.717, 1.165) is 0 Å². The zero-order valence-electron chi connectivity index (χ0n) is 10.2. The zero-order chi connectivity index (χ0) is 15.0. The molecule has 7 nitrogen and oxygen atoms in total. The molecule has 0 amide bonds. The van der Waals surface area contributed by atoms with Gasteiger partial charge in [-0.3, -0.25) is 19.3 Å². The Morgan fingerprint density at radius 2 is 2.29 bits per heavy atom. The molecule has 0 fully saturated rings. The predicted molar refractivity (Wildman–Crippen MR) is 76.6 cm³/mol. The average molecular weight is 324 g/mol. The maximum absolute atomic E-state index is 11.2. The van der Waals surface area contributed by atoms with Crippen molar-refractivity contribution < 1.29 is 14.5 Å². The summed E-state index contributed by atoms with van der Waals surface area (Å²) in [6.45, 7) is 0. The highest BCUT2D eigenvalue weighted by Gasteiger charge is 2.17. The van der Waals surface area contributed by atoms with E-state index in [9.17, 15) is 14.9 Å². The summed E-state index contributed by atoms with van der Waals surface area (Å²) < 4.78 is 7.04. The van der Waals surface area contributed by atoms with Crippen molar-refractivity contribution in [1.29, 1.82) is 0 Å². The Labute approximate surface area is 126 Å². The summed E-state index contributed by atoms with van der Waals surface area (Å²) in [6.07, 6.45) is 2.28. The van der Waals surface area contributed by atoms with Crippen molar-refractivity contribution >= 4 is 39.9 Å². The van der Waals surface area contributed by atoms with Crippen LogP contribution in [-0.2, 0) is 0 Å². The number of thiazole rings is 1. The summed E-state index contributed by atoms with van der Waals surface area (Å²) in [6, 6.07) is 3.81. The number of hydrogen-bond acceptors (Lipinski definition) is 6. The molecule has 1 aromatic carbocycles. The van der Waals surface area contributed by atoms with E-state index < -0.39 is 4.92 Å². The molecule has 0 saturated carbocycles. The van der Waals surface area contributed by atoms with E-state index in [1.54, 1.807) is 16.0 Å². The van der Waals surface area contributed by atoms with E-state index in [4.69, 9.17) is 16.3 Å². The third-order valence-electron chi connectivity index (χ3n) is 2.71. The van der Waals surface area contributed by atoms with Gasteiger partial charge in [0.05, 0.1) is 16.0 Å². The first kappa shape index (κ1) is 13.5. The van der Waals surface area contributed by atoms with Gasteiger partial charge in [-0.05, 0) is 6.07 Å². The Morgan fingerprint density at radius 1 is 1.48 bits per heavy atom. The lowest BCUT2D eigenvalue weighted by atomic mass is 10.3. The topological polar surface area (TPSA) is 86.7 Å². The minimum Gasteiger partial charge on any atom is -0.435 e. The summed E-state index contributed by atoms with van der Waals surface area (Å²) in [5, 5.41) is 12.7. The number of fused-ring (bicyclic) bond motifs is 1. The molecule has 0 spiro atoms. The van der Waals surface area contributed by atoms with E-state index in [0.29, 0.717) is 11.2 Å². The fourth-order valence-electron chi connectivity index (χ4n) is 1.75.